The highest BCUT2D eigenvalue weighted by Gasteiger charge is 2.31. The first-order valence-corrected chi connectivity index (χ1v) is 18.2. The Kier molecular flexibility index (Phi) is 5.70. The zero-order valence-electron chi connectivity index (χ0n) is 28.9. The third-order valence-corrected chi connectivity index (χ3v) is 11.5. The van der Waals surface area contributed by atoms with Crippen LogP contribution in [0.1, 0.15) is 11.1 Å². The molecule has 0 saturated carbocycles. The first-order chi connectivity index (χ1) is 26.3. The number of dihydropyridines is 1. The fourth-order valence-electron chi connectivity index (χ4n) is 9.33. The van der Waals surface area contributed by atoms with Crippen LogP contribution in [-0.4, -0.2) is 39.0 Å². The van der Waals surface area contributed by atoms with Crippen molar-refractivity contribution in [2.24, 2.45) is 9.98 Å². The number of fused-ring (bicyclic) bond motifs is 14. The van der Waals surface area contributed by atoms with Crippen LogP contribution in [0.5, 0.6) is 0 Å². The number of aliphatic imine (C=N–C) groups is 2. The molecule has 0 aliphatic carbocycles. The van der Waals surface area contributed by atoms with Gasteiger partial charge in [0.2, 0.25) is 0 Å². The molecule has 1 unspecified atom stereocenters. The molecule has 0 saturated heterocycles. The molecule has 0 radical (unpaired) electrons. The molecule has 0 amide bonds. The Labute approximate surface area is 304 Å². The van der Waals surface area contributed by atoms with Crippen LogP contribution in [0.25, 0.3) is 87.8 Å². The molecule has 12 rings (SSSR count). The van der Waals surface area contributed by atoms with Crippen molar-refractivity contribution in [3.05, 3.63) is 169 Å². The van der Waals surface area contributed by atoms with Crippen LogP contribution in [0.3, 0.4) is 0 Å². The summed E-state index contributed by atoms with van der Waals surface area (Å²) in [5.41, 5.74) is 11.5. The largest absolute Gasteiger partial charge is 0.359 e. The molecule has 0 fully saturated rings. The van der Waals surface area contributed by atoms with E-state index in [1.807, 2.05) is 12.3 Å². The second-order valence-corrected chi connectivity index (χ2v) is 14.2. The van der Waals surface area contributed by atoms with Gasteiger partial charge in [-0.15, -0.1) is 0 Å². The van der Waals surface area contributed by atoms with Gasteiger partial charge in [0.25, 0.3) is 0 Å². The summed E-state index contributed by atoms with van der Waals surface area (Å²) in [4.78, 5) is 12.2. The van der Waals surface area contributed by atoms with E-state index in [2.05, 4.69) is 173 Å². The molecule has 0 spiro atoms. The van der Waals surface area contributed by atoms with Crippen LogP contribution >= 0.6 is 0 Å². The number of para-hydroxylation sites is 3. The van der Waals surface area contributed by atoms with Crippen LogP contribution in [0.15, 0.2) is 168 Å². The van der Waals surface area contributed by atoms with Crippen molar-refractivity contribution >= 4 is 94.1 Å². The van der Waals surface area contributed by atoms with E-state index >= 15 is 0 Å². The molecule has 0 bridgehead atoms. The summed E-state index contributed by atoms with van der Waals surface area (Å²) in [5.74, 6) is 0.809. The van der Waals surface area contributed by atoms with Crippen molar-refractivity contribution in [2.45, 2.75) is 6.04 Å². The van der Waals surface area contributed by atoms with Gasteiger partial charge in [0, 0.05) is 62.4 Å². The summed E-state index contributed by atoms with van der Waals surface area (Å²) in [6, 6.07) is 53.1. The minimum Gasteiger partial charge on any atom is -0.359 e. The van der Waals surface area contributed by atoms with E-state index in [1.165, 1.54) is 70.7 Å². The lowest BCUT2D eigenvalue weighted by Crippen LogP contribution is -2.39. The highest BCUT2D eigenvalue weighted by atomic mass is 15.2. The predicted molar refractivity (Wildman–Crippen MR) is 223 cm³/mol. The second-order valence-electron chi connectivity index (χ2n) is 14.2. The molecule has 1 atom stereocenters. The Balaban J connectivity index is 1.19. The van der Waals surface area contributed by atoms with E-state index < -0.39 is 0 Å². The molecule has 0 N–H and O–H groups in total. The summed E-state index contributed by atoms with van der Waals surface area (Å²) in [6.07, 6.45) is 6.01. The highest BCUT2D eigenvalue weighted by Crippen LogP contribution is 2.48. The lowest BCUT2D eigenvalue weighted by molar-refractivity contribution is 0.474. The van der Waals surface area contributed by atoms with Crippen LogP contribution in [0, 0.1) is 0 Å². The van der Waals surface area contributed by atoms with Gasteiger partial charge in [-0.2, -0.15) is 0 Å². The fraction of sp³-hybridized carbons (Fsp3) is 0.0417. The Morgan fingerprint density at radius 2 is 1.15 bits per heavy atom. The maximum atomic E-state index is 5.22. The summed E-state index contributed by atoms with van der Waals surface area (Å²) in [7, 11) is 2.14. The van der Waals surface area contributed by atoms with Gasteiger partial charge in [-0.25, -0.2) is 9.98 Å². The number of benzene rings is 7. The smallest absolute Gasteiger partial charge is 0.155 e. The van der Waals surface area contributed by atoms with Crippen molar-refractivity contribution in [2.75, 3.05) is 7.05 Å². The summed E-state index contributed by atoms with van der Waals surface area (Å²) in [5, 5.41) is 10.3. The van der Waals surface area contributed by atoms with Crippen molar-refractivity contribution in [3.8, 4) is 5.69 Å². The molecule has 7 aromatic carbocycles. The lowest BCUT2D eigenvalue weighted by atomic mass is 9.98. The average molecular weight is 678 g/mol. The van der Waals surface area contributed by atoms with E-state index in [9.17, 15) is 0 Å². The van der Waals surface area contributed by atoms with Crippen molar-refractivity contribution in [1.82, 2.24) is 13.9 Å². The normalized spacial score (nSPS) is 16.1. The molecule has 2 aliphatic heterocycles. The van der Waals surface area contributed by atoms with Gasteiger partial charge in [-0.05, 0) is 41.1 Å². The number of hydrogen-bond donors (Lipinski definition) is 0. The van der Waals surface area contributed by atoms with Gasteiger partial charge in [0.05, 0.1) is 39.0 Å². The zero-order chi connectivity index (χ0) is 34.8. The van der Waals surface area contributed by atoms with Gasteiger partial charge < -0.3 is 13.9 Å². The van der Waals surface area contributed by atoms with Gasteiger partial charge in [-0.1, -0.05) is 127 Å². The van der Waals surface area contributed by atoms with Crippen LogP contribution in [0.4, 0.5) is 0 Å². The summed E-state index contributed by atoms with van der Waals surface area (Å²) < 4.78 is 5.03. The first kappa shape index (κ1) is 28.7. The number of likely N-dealkylation sites (N-methyl/N-ethyl adjacent to an activating group) is 1. The first-order valence-electron chi connectivity index (χ1n) is 18.2. The quantitative estimate of drug-likeness (QED) is 0.183. The van der Waals surface area contributed by atoms with Crippen LogP contribution < -0.4 is 0 Å². The van der Waals surface area contributed by atoms with E-state index in [-0.39, 0.29) is 6.04 Å². The Morgan fingerprint density at radius 3 is 1.94 bits per heavy atom. The number of amidine groups is 1. The number of aromatic nitrogens is 2. The standard InChI is InChI=1S/C48H31N5/c1-51-40-23-12-28-49-48(40)50-43(44(51)30-13-3-2-4-14-30)29-24-26-31(27-25-29)52-39-22-10-8-18-36(39)41-33-16-5-6-17-34(33)42-37-20-11-19-35-32-15-7-9-21-38(32)53(45(35)37)47(42)46(41)52/h2-28,40H,1H3. The van der Waals surface area contributed by atoms with E-state index in [1.54, 1.807) is 0 Å². The fourth-order valence-corrected chi connectivity index (χ4v) is 9.33. The van der Waals surface area contributed by atoms with Gasteiger partial charge in [0.1, 0.15) is 6.04 Å². The molecule has 3 aromatic heterocycles. The number of allylic oxidation sites excluding steroid dienone is 1. The Bertz CT molecular complexity index is 3280. The maximum absolute atomic E-state index is 5.22. The Morgan fingerprint density at radius 1 is 0.509 bits per heavy atom. The van der Waals surface area contributed by atoms with Gasteiger partial charge in [-0.3, -0.25) is 0 Å². The van der Waals surface area contributed by atoms with Crippen LogP contribution in [0.2, 0.25) is 0 Å². The monoisotopic (exact) mass is 677 g/mol. The third-order valence-electron chi connectivity index (χ3n) is 11.5. The minimum absolute atomic E-state index is 0.00638. The van der Waals surface area contributed by atoms with Gasteiger partial charge in [0.15, 0.2) is 5.84 Å². The number of rotatable bonds is 3. The molecule has 5 heterocycles. The van der Waals surface area contributed by atoms with Crippen molar-refractivity contribution < 1.29 is 0 Å². The number of hydrogen-bond acceptors (Lipinski definition) is 3. The average Bonchev–Trinajstić information content (AvgIpc) is 3.87. The molecule has 5 nitrogen and oxygen atoms in total. The third kappa shape index (κ3) is 3.75. The summed E-state index contributed by atoms with van der Waals surface area (Å²) in [6.45, 7) is 0. The number of nitrogens with zero attached hydrogens (tertiary/aromatic N) is 5. The SMILES string of the molecule is CN1C(c2ccccc2)=C(c2ccc(-n3c4ccccc4c4c5ccccc5c5c6cccc7c8ccccc8n(c76)c5c43)cc2)N=C2N=CC=CC21. The maximum Gasteiger partial charge on any atom is 0.155 e. The highest BCUT2D eigenvalue weighted by molar-refractivity contribution is 6.38. The molecule has 248 valence electrons. The van der Waals surface area contributed by atoms with Crippen LogP contribution in [-0.2, 0) is 0 Å². The molecular formula is C48H31N5. The second kappa shape index (κ2) is 10.5. The minimum atomic E-state index is -0.00638. The Hall–Kier alpha value is -6.98. The topological polar surface area (TPSA) is 37.3 Å². The molecule has 10 aromatic rings. The van der Waals surface area contributed by atoms with Crippen molar-refractivity contribution in [3.63, 3.8) is 0 Å². The van der Waals surface area contributed by atoms with E-state index in [4.69, 9.17) is 9.98 Å². The van der Waals surface area contributed by atoms with E-state index in [0.717, 1.165) is 34.0 Å². The zero-order valence-corrected chi connectivity index (χ0v) is 28.9. The van der Waals surface area contributed by atoms with E-state index in [0.29, 0.717) is 0 Å². The predicted octanol–water partition coefficient (Wildman–Crippen LogP) is 11.3. The lowest BCUT2D eigenvalue weighted by Gasteiger charge is -2.35. The molecular weight excluding hydrogens is 647 g/mol. The van der Waals surface area contributed by atoms with Gasteiger partial charge >= 0.3 is 0 Å². The van der Waals surface area contributed by atoms with Crippen molar-refractivity contribution in [1.29, 1.82) is 0 Å². The molecule has 5 heteroatoms. The molecule has 53 heavy (non-hydrogen) atoms. The molecule has 2 aliphatic rings. The summed E-state index contributed by atoms with van der Waals surface area (Å²) >= 11 is 0.